The van der Waals surface area contributed by atoms with Gasteiger partial charge in [-0.15, -0.1) is 0 Å². The van der Waals surface area contributed by atoms with Gasteiger partial charge in [-0.25, -0.2) is 0 Å². The maximum absolute atomic E-state index is 12.3. The van der Waals surface area contributed by atoms with E-state index in [4.69, 9.17) is 28.4 Å². The fourth-order valence-electron chi connectivity index (χ4n) is 5.88. The molecule has 55 heavy (non-hydrogen) atoms. The zero-order valence-electron chi connectivity index (χ0n) is 29.9. The van der Waals surface area contributed by atoms with Crippen molar-refractivity contribution in [2.45, 2.75) is 130 Å². The number of aliphatic hydroxyl groups is 11. The molecule has 3 heterocycles. The zero-order valence-corrected chi connectivity index (χ0v) is 33.9. The van der Waals surface area contributed by atoms with Gasteiger partial charge in [0.05, 0.1) is 37.8 Å². The van der Waals surface area contributed by atoms with Crippen LogP contribution >= 0.6 is 0 Å². The molecule has 0 saturated carbocycles. The average Bonchev–Trinajstić information content (AvgIpc) is 3.09. The van der Waals surface area contributed by atoms with Crippen LogP contribution in [0.2, 0.25) is 0 Å². The molecule has 3 aliphatic rings. The Morgan fingerprint density at radius 2 is 1.22 bits per heavy atom. The normalized spacial score (nSPS) is 38.5. The van der Waals surface area contributed by atoms with Crippen LogP contribution in [0.15, 0.2) is 0 Å². The quantitative estimate of drug-likeness (QED) is 0.0643. The summed E-state index contributed by atoms with van der Waals surface area (Å²) in [6.07, 6.45) is -36.8. The fraction of sp³-hybridized carbons (Fsp3) is 0.857. The van der Waals surface area contributed by atoms with Gasteiger partial charge in [-0.2, -0.15) is 0 Å². The van der Waals surface area contributed by atoms with Crippen LogP contribution in [0, 0.1) is 0 Å². The molecule has 3 aliphatic heterocycles. The van der Waals surface area contributed by atoms with E-state index in [1.807, 2.05) is 0 Å². The van der Waals surface area contributed by atoms with Crippen molar-refractivity contribution in [3.05, 3.63) is 0 Å². The minimum Gasteiger partial charge on any atom is -0.547 e. The number of amides is 2. The first-order valence-electron chi connectivity index (χ1n) is 15.9. The molecular weight excluding hydrogens is 778 g/mol. The fourth-order valence-corrected chi connectivity index (χ4v) is 5.88. The Balaban J connectivity index is 0.00000756. The summed E-state index contributed by atoms with van der Waals surface area (Å²) in [6, 6.07) is -3.44. The van der Waals surface area contributed by atoms with Crippen molar-refractivity contribution in [1.82, 2.24) is 10.6 Å². The van der Waals surface area contributed by atoms with E-state index in [1.54, 1.807) is 0 Å². The van der Waals surface area contributed by atoms with Crippen molar-refractivity contribution in [2.24, 2.45) is 0 Å². The summed E-state index contributed by atoms with van der Waals surface area (Å²) in [5, 5.41) is 142. The van der Waals surface area contributed by atoms with E-state index in [-0.39, 0.29) is 59.1 Å². The summed E-state index contributed by atoms with van der Waals surface area (Å²) < 4.78 is 32.4. The van der Waals surface area contributed by atoms with Crippen LogP contribution in [-0.4, -0.2) is 216 Å². The van der Waals surface area contributed by atoms with Crippen LogP contribution in [0.25, 0.3) is 0 Å². The van der Waals surface area contributed by atoms with Gasteiger partial charge in [-0.1, -0.05) is 0 Å². The molecule has 8 unspecified atom stereocenters. The standard InChI is InChI=1S/C28H46N2O23.2Na/c1-6(34)29-8(3-31)19(12(37)9(36)4-32)49-28-18(43)16(41)21(23(53-28)25(46)47)51-26-11(30-7(2)35)20(13(38)10(5-33)48-26)50-27-17(42)14(39)15(40)22(52-27)24(44)45;;/h8-23,26-28,31-33,36-43H,3-5H2,1-2H3,(H,29,34)(H,30,35)(H,44,45)(H,46,47);;/q;2*+1/p-2/t8?,9?,10?,11?,12-,13-,14+,15+,16-,17?,18?,19-,20-,21+,22?,23?,26+,27-,28-;;/m1../s1. The van der Waals surface area contributed by atoms with Crippen molar-refractivity contribution in [3.63, 3.8) is 0 Å². The maximum Gasteiger partial charge on any atom is 1.00 e. The van der Waals surface area contributed by atoms with Gasteiger partial charge < -0.3 is 115 Å². The van der Waals surface area contributed by atoms with Crippen molar-refractivity contribution in [1.29, 1.82) is 0 Å². The summed E-state index contributed by atoms with van der Waals surface area (Å²) in [7, 11) is 0. The number of nitrogens with one attached hydrogen (secondary N) is 2. The van der Waals surface area contributed by atoms with Crippen LogP contribution in [-0.2, 0) is 47.6 Å². The number of aliphatic hydroxyl groups excluding tert-OH is 11. The summed E-state index contributed by atoms with van der Waals surface area (Å²) in [6.45, 7) is -1.19. The number of hydrogen-bond acceptors (Lipinski definition) is 23. The van der Waals surface area contributed by atoms with Crippen LogP contribution in [0.4, 0.5) is 0 Å². The third-order valence-electron chi connectivity index (χ3n) is 8.58. The van der Waals surface area contributed by atoms with E-state index in [2.05, 4.69) is 10.6 Å². The molecule has 27 heteroatoms. The molecule has 0 aliphatic carbocycles. The second-order valence-electron chi connectivity index (χ2n) is 12.4. The van der Waals surface area contributed by atoms with Crippen LogP contribution in [0.1, 0.15) is 13.8 Å². The maximum atomic E-state index is 12.3. The van der Waals surface area contributed by atoms with Gasteiger partial charge in [0, 0.05) is 13.8 Å². The molecule has 0 spiro atoms. The van der Waals surface area contributed by atoms with E-state index in [1.165, 1.54) is 0 Å². The molecule has 25 nitrogen and oxygen atoms in total. The van der Waals surface area contributed by atoms with Gasteiger partial charge in [-0.05, 0) is 0 Å². The molecule has 0 bridgehead atoms. The molecule has 0 radical (unpaired) electrons. The predicted molar refractivity (Wildman–Crippen MR) is 155 cm³/mol. The molecule has 3 rings (SSSR count). The van der Waals surface area contributed by atoms with E-state index in [0.29, 0.717) is 0 Å². The number of carbonyl (C=O) groups excluding carboxylic acids is 4. The molecule has 3 saturated heterocycles. The van der Waals surface area contributed by atoms with Crippen molar-refractivity contribution in [2.75, 3.05) is 19.8 Å². The van der Waals surface area contributed by atoms with Crippen LogP contribution in [0.3, 0.4) is 0 Å². The summed E-state index contributed by atoms with van der Waals surface area (Å²) in [5.41, 5.74) is 0. The first-order valence-corrected chi connectivity index (χ1v) is 15.9. The third kappa shape index (κ3) is 12.6. The Hall–Kier alpha value is -0.800. The third-order valence-corrected chi connectivity index (χ3v) is 8.58. The molecule has 19 atom stereocenters. The van der Waals surface area contributed by atoms with Crippen molar-refractivity contribution >= 4 is 23.8 Å². The number of aliphatic carboxylic acids is 2. The number of carbonyl (C=O) groups is 4. The SMILES string of the molecule is CC(=O)NC(CO)[C@@H](O[C@@H]1OC(C(=O)[O-])[C@@H](O[C@@H]2OC(CO)[C@@H](O)[C@H](O[C@@H]3OC(C(=O)[O-])[C@@H](O)[C@H](O)C3O)C2NC(C)=O)[C@H](O)C1O)[C@H](O)C(O)CO.[Na+].[Na+]. The predicted octanol–water partition coefficient (Wildman–Crippen LogP) is -18.3. The van der Waals surface area contributed by atoms with Gasteiger partial charge in [0.2, 0.25) is 11.8 Å². The molecule has 306 valence electrons. The number of carboxylic acid groups (broad SMARTS) is 2. The van der Waals surface area contributed by atoms with E-state index >= 15 is 0 Å². The van der Waals surface area contributed by atoms with Gasteiger partial charge in [-0.3, -0.25) is 9.59 Å². The second kappa shape index (κ2) is 23.1. The molecule has 0 aromatic carbocycles. The second-order valence-corrected chi connectivity index (χ2v) is 12.4. The van der Waals surface area contributed by atoms with Crippen LogP contribution < -0.4 is 80.0 Å². The molecule has 2 amide bonds. The average molecular weight is 823 g/mol. The van der Waals surface area contributed by atoms with Gasteiger partial charge >= 0.3 is 59.1 Å². The molecule has 3 fully saturated rings. The number of rotatable bonds is 16. The molecule has 0 aromatic rings. The van der Waals surface area contributed by atoms with Gasteiger partial charge in [0.25, 0.3) is 0 Å². The summed E-state index contributed by atoms with van der Waals surface area (Å²) in [4.78, 5) is 47.8. The minimum absolute atomic E-state index is 0. The topological polar surface area (TPSA) is 416 Å². The Kier molecular flexibility index (Phi) is 21.9. The van der Waals surface area contributed by atoms with Gasteiger partial charge in [0.1, 0.15) is 91.5 Å². The Labute approximate surface area is 355 Å². The molecule has 0 aromatic heterocycles. The number of hydrogen-bond donors (Lipinski definition) is 13. The molecule has 13 N–H and O–H groups in total. The zero-order chi connectivity index (χ0) is 40.1. The first kappa shape index (κ1) is 52.2. The van der Waals surface area contributed by atoms with E-state index in [9.17, 15) is 85.6 Å². The Morgan fingerprint density at radius 1 is 0.673 bits per heavy atom. The smallest absolute Gasteiger partial charge is 0.547 e. The van der Waals surface area contributed by atoms with Crippen molar-refractivity contribution < 1.29 is 173 Å². The number of ether oxygens (including phenoxy) is 6. The monoisotopic (exact) mass is 822 g/mol. The Bertz CT molecular complexity index is 1260. The van der Waals surface area contributed by atoms with Gasteiger partial charge in [0.15, 0.2) is 18.9 Å². The van der Waals surface area contributed by atoms with E-state index in [0.717, 1.165) is 13.8 Å². The molecular formula is C28H44N2Na2O23. The summed E-state index contributed by atoms with van der Waals surface area (Å²) >= 11 is 0. The largest absolute Gasteiger partial charge is 1.00 e. The van der Waals surface area contributed by atoms with Crippen LogP contribution in [0.5, 0.6) is 0 Å². The Morgan fingerprint density at radius 3 is 1.71 bits per heavy atom. The minimum atomic E-state index is -2.46. The van der Waals surface area contributed by atoms with E-state index < -0.39 is 160 Å². The van der Waals surface area contributed by atoms with Crippen molar-refractivity contribution in [3.8, 4) is 0 Å². The number of carboxylic acids is 2. The first-order chi connectivity index (χ1) is 24.8. The summed E-state index contributed by atoms with van der Waals surface area (Å²) in [5.74, 6) is -5.91.